The van der Waals surface area contributed by atoms with E-state index in [1.165, 1.54) is 4.90 Å². The van der Waals surface area contributed by atoms with Crippen molar-refractivity contribution < 1.29 is 18.0 Å². The molecule has 2 rings (SSSR count). The molecule has 0 atom stereocenters. The standard InChI is InChI=1S/C10H13F3N2O/c11-10(12,13)7-1-5-15(6-2-7)8(16)9(14)3-4-9/h1H,2-6,14H2. The van der Waals surface area contributed by atoms with Gasteiger partial charge in [-0.25, -0.2) is 0 Å². The molecule has 16 heavy (non-hydrogen) atoms. The number of amides is 1. The lowest BCUT2D eigenvalue weighted by Crippen LogP contribution is -2.47. The van der Waals surface area contributed by atoms with E-state index in [0.717, 1.165) is 6.08 Å². The van der Waals surface area contributed by atoms with Gasteiger partial charge < -0.3 is 10.6 Å². The Morgan fingerprint density at radius 1 is 1.44 bits per heavy atom. The van der Waals surface area contributed by atoms with Crippen LogP contribution in [0.25, 0.3) is 0 Å². The number of nitrogens with zero attached hydrogens (tertiary/aromatic N) is 1. The summed E-state index contributed by atoms with van der Waals surface area (Å²) >= 11 is 0. The zero-order valence-corrected chi connectivity index (χ0v) is 8.68. The highest BCUT2D eigenvalue weighted by Crippen LogP contribution is 2.36. The smallest absolute Gasteiger partial charge is 0.337 e. The van der Waals surface area contributed by atoms with Crippen molar-refractivity contribution in [2.24, 2.45) is 5.73 Å². The predicted octanol–water partition coefficient (Wildman–Crippen LogP) is 1.20. The maximum Gasteiger partial charge on any atom is 0.412 e. The molecule has 0 unspecified atom stereocenters. The van der Waals surface area contributed by atoms with Gasteiger partial charge in [0.25, 0.3) is 0 Å². The Balaban J connectivity index is 1.99. The zero-order chi connectivity index (χ0) is 12.0. The summed E-state index contributed by atoms with van der Waals surface area (Å²) in [5.41, 5.74) is 4.38. The van der Waals surface area contributed by atoms with Gasteiger partial charge in [-0.2, -0.15) is 13.2 Å². The molecule has 0 bridgehead atoms. The van der Waals surface area contributed by atoms with E-state index in [1.54, 1.807) is 0 Å². The van der Waals surface area contributed by atoms with Gasteiger partial charge in [-0.15, -0.1) is 0 Å². The van der Waals surface area contributed by atoms with Crippen LogP contribution in [0.5, 0.6) is 0 Å². The Morgan fingerprint density at radius 3 is 2.44 bits per heavy atom. The highest BCUT2D eigenvalue weighted by atomic mass is 19.4. The molecular formula is C10H13F3N2O. The number of carbonyl (C=O) groups excluding carboxylic acids is 1. The van der Waals surface area contributed by atoms with Crippen molar-refractivity contribution >= 4 is 5.91 Å². The number of carbonyl (C=O) groups is 1. The third kappa shape index (κ3) is 2.07. The number of hydrogen-bond donors (Lipinski definition) is 1. The fraction of sp³-hybridized carbons (Fsp3) is 0.700. The van der Waals surface area contributed by atoms with Gasteiger partial charge in [-0.1, -0.05) is 6.08 Å². The number of hydrogen-bond acceptors (Lipinski definition) is 2. The van der Waals surface area contributed by atoms with Crippen LogP contribution in [0.15, 0.2) is 11.6 Å². The molecule has 1 saturated carbocycles. The molecule has 2 aliphatic rings. The van der Waals surface area contributed by atoms with Crippen molar-refractivity contribution in [1.82, 2.24) is 4.90 Å². The van der Waals surface area contributed by atoms with Crippen LogP contribution in [0, 0.1) is 0 Å². The molecule has 1 aliphatic carbocycles. The monoisotopic (exact) mass is 234 g/mol. The second kappa shape index (κ2) is 3.48. The number of alkyl halides is 3. The summed E-state index contributed by atoms with van der Waals surface area (Å²) in [7, 11) is 0. The zero-order valence-electron chi connectivity index (χ0n) is 8.68. The first-order chi connectivity index (χ1) is 7.33. The highest BCUT2D eigenvalue weighted by molar-refractivity contribution is 5.89. The molecule has 0 aromatic heterocycles. The fourth-order valence-corrected chi connectivity index (χ4v) is 1.77. The average Bonchev–Trinajstić information content (AvgIpc) is 2.96. The normalized spacial score (nSPS) is 24.0. The Morgan fingerprint density at radius 2 is 2.06 bits per heavy atom. The lowest BCUT2D eigenvalue weighted by Gasteiger charge is -2.29. The van der Waals surface area contributed by atoms with Crippen LogP contribution in [0.4, 0.5) is 13.2 Å². The predicted molar refractivity (Wildman–Crippen MR) is 51.5 cm³/mol. The largest absolute Gasteiger partial charge is 0.412 e. The Bertz CT molecular complexity index is 344. The van der Waals surface area contributed by atoms with E-state index in [-0.39, 0.29) is 25.4 Å². The maximum atomic E-state index is 12.3. The van der Waals surface area contributed by atoms with Crippen LogP contribution in [0.1, 0.15) is 19.3 Å². The van der Waals surface area contributed by atoms with Gasteiger partial charge in [0.1, 0.15) is 0 Å². The van der Waals surface area contributed by atoms with Crippen LogP contribution < -0.4 is 5.73 Å². The third-order valence-electron chi connectivity index (χ3n) is 3.08. The molecule has 1 heterocycles. The van der Waals surface area contributed by atoms with Crippen LogP contribution in [-0.2, 0) is 4.79 Å². The molecule has 0 aromatic carbocycles. The van der Waals surface area contributed by atoms with Crippen LogP contribution in [-0.4, -0.2) is 35.6 Å². The molecule has 3 nitrogen and oxygen atoms in total. The molecule has 0 aromatic rings. The summed E-state index contributed by atoms with van der Waals surface area (Å²) < 4.78 is 37.0. The van der Waals surface area contributed by atoms with E-state index < -0.39 is 17.3 Å². The molecule has 1 fully saturated rings. The Kier molecular flexibility index (Phi) is 2.49. The first-order valence-corrected chi connectivity index (χ1v) is 5.17. The van der Waals surface area contributed by atoms with Gasteiger partial charge in [0, 0.05) is 18.7 Å². The second-order valence-electron chi connectivity index (χ2n) is 4.38. The maximum absolute atomic E-state index is 12.3. The van der Waals surface area contributed by atoms with E-state index >= 15 is 0 Å². The molecule has 90 valence electrons. The topological polar surface area (TPSA) is 46.3 Å². The quantitative estimate of drug-likeness (QED) is 0.693. The van der Waals surface area contributed by atoms with Gasteiger partial charge in [-0.3, -0.25) is 4.79 Å². The van der Waals surface area contributed by atoms with Crippen LogP contribution >= 0.6 is 0 Å². The summed E-state index contributed by atoms with van der Waals surface area (Å²) in [6.07, 6.45) is -2.05. The minimum absolute atomic E-state index is 0.0205. The van der Waals surface area contributed by atoms with Crippen molar-refractivity contribution in [3.63, 3.8) is 0 Å². The number of nitrogens with two attached hydrogens (primary N) is 1. The first kappa shape index (κ1) is 11.4. The molecule has 6 heteroatoms. The first-order valence-electron chi connectivity index (χ1n) is 5.17. The van der Waals surface area contributed by atoms with Gasteiger partial charge in [-0.05, 0) is 19.3 Å². The summed E-state index contributed by atoms with van der Waals surface area (Å²) in [6.45, 7) is 0.135. The highest BCUT2D eigenvalue weighted by Gasteiger charge is 2.48. The molecule has 2 N–H and O–H groups in total. The lowest BCUT2D eigenvalue weighted by molar-refractivity contribution is -0.134. The van der Waals surface area contributed by atoms with Gasteiger partial charge in [0.15, 0.2) is 0 Å². The minimum atomic E-state index is -4.27. The van der Waals surface area contributed by atoms with Crippen LogP contribution in [0.2, 0.25) is 0 Å². The summed E-state index contributed by atoms with van der Waals surface area (Å²) in [4.78, 5) is 13.1. The Hall–Kier alpha value is -1.04. The summed E-state index contributed by atoms with van der Waals surface area (Å²) in [5.74, 6) is -0.218. The molecular weight excluding hydrogens is 221 g/mol. The fourth-order valence-electron chi connectivity index (χ4n) is 1.77. The van der Waals surface area contributed by atoms with E-state index in [4.69, 9.17) is 5.73 Å². The van der Waals surface area contributed by atoms with E-state index in [9.17, 15) is 18.0 Å². The summed E-state index contributed by atoms with van der Waals surface area (Å²) in [6, 6.07) is 0. The van der Waals surface area contributed by atoms with Crippen molar-refractivity contribution in [3.05, 3.63) is 11.6 Å². The third-order valence-corrected chi connectivity index (χ3v) is 3.08. The lowest BCUT2D eigenvalue weighted by atomic mass is 10.1. The van der Waals surface area contributed by atoms with Gasteiger partial charge in [0.05, 0.1) is 5.54 Å². The van der Waals surface area contributed by atoms with Gasteiger partial charge in [0.2, 0.25) is 5.91 Å². The molecule has 0 spiro atoms. The van der Waals surface area contributed by atoms with E-state index in [2.05, 4.69) is 0 Å². The molecule has 0 saturated heterocycles. The molecule has 1 aliphatic heterocycles. The molecule has 1 amide bonds. The van der Waals surface area contributed by atoms with Crippen LogP contribution in [0.3, 0.4) is 0 Å². The molecule has 0 radical (unpaired) electrons. The summed E-state index contributed by atoms with van der Waals surface area (Å²) in [5, 5.41) is 0. The van der Waals surface area contributed by atoms with Crippen molar-refractivity contribution in [2.75, 3.05) is 13.1 Å². The second-order valence-corrected chi connectivity index (χ2v) is 4.38. The van der Waals surface area contributed by atoms with E-state index in [0.29, 0.717) is 12.8 Å². The average molecular weight is 234 g/mol. The minimum Gasteiger partial charge on any atom is -0.337 e. The van der Waals surface area contributed by atoms with Gasteiger partial charge >= 0.3 is 6.18 Å². The number of halogens is 3. The van der Waals surface area contributed by atoms with Crippen molar-refractivity contribution in [1.29, 1.82) is 0 Å². The van der Waals surface area contributed by atoms with Crippen molar-refractivity contribution in [3.8, 4) is 0 Å². The SMILES string of the molecule is NC1(C(=O)N2CC=C(C(F)(F)F)CC2)CC1. The number of rotatable bonds is 1. The Labute approximate surface area is 91.1 Å². The van der Waals surface area contributed by atoms with E-state index in [1.807, 2.05) is 0 Å². The van der Waals surface area contributed by atoms with Crippen molar-refractivity contribution in [2.45, 2.75) is 31.0 Å².